The summed E-state index contributed by atoms with van der Waals surface area (Å²) in [5.74, 6) is 0.468. The first kappa shape index (κ1) is 14.9. The van der Waals surface area contributed by atoms with Crippen molar-refractivity contribution in [2.45, 2.75) is 38.6 Å². The van der Waals surface area contributed by atoms with Crippen molar-refractivity contribution in [3.63, 3.8) is 0 Å². The number of rotatable bonds is 7. The van der Waals surface area contributed by atoms with Crippen LogP contribution in [0.15, 0.2) is 0 Å². The van der Waals surface area contributed by atoms with Gasteiger partial charge in [-0.1, -0.05) is 6.92 Å². The SMILES string of the molecule is CC(CN1CCCC1CCCO)CS(C)(=O)=O. The Morgan fingerprint density at radius 2 is 2.18 bits per heavy atom. The lowest BCUT2D eigenvalue weighted by Gasteiger charge is -2.27. The number of hydrogen-bond acceptors (Lipinski definition) is 4. The molecule has 1 saturated heterocycles. The number of sulfone groups is 1. The van der Waals surface area contributed by atoms with Gasteiger partial charge >= 0.3 is 0 Å². The largest absolute Gasteiger partial charge is 0.396 e. The van der Waals surface area contributed by atoms with E-state index in [2.05, 4.69) is 4.90 Å². The molecule has 1 heterocycles. The van der Waals surface area contributed by atoms with Gasteiger partial charge < -0.3 is 10.0 Å². The van der Waals surface area contributed by atoms with Gasteiger partial charge in [-0.15, -0.1) is 0 Å². The minimum Gasteiger partial charge on any atom is -0.396 e. The van der Waals surface area contributed by atoms with E-state index in [9.17, 15) is 8.42 Å². The van der Waals surface area contributed by atoms with Crippen molar-refractivity contribution in [3.05, 3.63) is 0 Å². The van der Waals surface area contributed by atoms with Gasteiger partial charge in [-0.3, -0.25) is 0 Å². The Hall–Kier alpha value is -0.130. The first-order valence-corrected chi connectivity index (χ1v) is 8.51. The predicted octanol–water partition coefficient (Wildman–Crippen LogP) is 0.904. The third-order valence-electron chi connectivity index (χ3n) is 3.33. The molecule has 2 unspecified atom stereocenters. The molecule has 1 fully saturated rings. The Balaban J connectivity index is 2.38. The second-order valence-corrected chi connectivity index (χ2v) is 7.54. The van der Waals surface area contributed by atoms with Crippen molar-refractivity contribution in [2.24, 2.45) is 5.92 Å². The second kappa shape index (κ2) is 6.71. The summed E-state index contributed by atoms with van der Waals surface area (Å²) in [5, 5.41) is 8.85. The van der Waals surface area contributed by atoms with Gasteiger partial charge in [-0.25, -0.2) is 8.42 Å². The third-order valence-corrected chi connectivity index (χ3v) is 4.50. The molecule has 2 atom stereocenters. The van der Waals surface area contributed by atoms with Gasteiger partial charge in [0, 0.05) is 25.4 Å². The lowest BCUT2D eigenvalue weighted by Crippen LogP contribution is -2.35. The van der Waals surface area contributed by atoms with Crippen molar-refractivity contribution in [1.29, 1.82) is 0 Å². The lowest BCUT2D eigenvalue weighted by molar-refractivity contribution is 0.199. The van der Waals surface area contributed by atoms with Gasteiger partial charge in [0.25, 0.3) is 0 Å². The van der Waals surface area contributed by atoms with Crippen LogP contribution in [-0.4, -0.2) is 56.2 Å². The van der Waals surface area contributed by atoms with Gasteiger partial charge in [0.1, 0.15) is 9.84 Å². The quantitative estimate of drug-likeness (QED) is 0.741. The van der Waals surface area contributed by atoms with Crippen molar-refractivity contribution in [3.8, 4) is 0 Å². The first-order chi connectivity index (χ1) is 7.92. The maximum Gasteiger partial charge on any atom is 0.147 e. The van der Waals surface area contributed by atoms with E-state index in [1.54, 1.807) is 0 Å². The highest BCUT2D eigenvalue weighted by Gasteiger charge is 2.25. The molecule has 0 spiro atoms. The van der Waals surface area contributed by atoms with E-state index >= 15 is 0 Å². The molecule has 0 radical (unpaired) electrons. The molecule has 1 aliphatic rings. The molecule has 0 aromatic rings. The van der Waals surface area contributed by atoms with Crippen LogP contribution >= 0.6 is 0 Å². The van der Waals surface area contributed by atoms with Crippen molar-refractivity contribution < 1.29 is 13.5 Å². The summed E-state index contributed by atoms with van der Waals surface area (Å²) < 4.78 is 22.4. The van der Waals surface area contributed by atoms with Gasteiger partial charge in [0.05, 0.1) is 5.75 Å². The van der Waals surface area contributed by atoms with Gasteiger partial charge in [0.2, 0.25) is 0 Å². The summed E-state index contributed by atoms with van der Waals surface area (Å²) in [5.41, 5.74) is 0. The van der Waals surface area contributed by atoms with Crippen molar-refractivity contribution >= 4 is 9.84 Å². The van der Waals surface area contributed by atoms with Gasteiger partial charge in [0.15, 0.2) is 0 Å². The van der Waals surface area contributed by atoms with Crippen LogP contribution in [-0.2, 0) is 9.84 Å². The van der Waals surface area contributed by atoms with Crippen molar-refractivity contribution in [2.75, 3.05) is 31.7 Å². The molecule has 102 valence electrons. The molecule has 1 N–H and O–H groups in total. The number of hydrogen-bond donors (Lipinski definition) is 1. The van der Waals surface area contributed by atoms with Gasteiger partial charge in [-0.05, 0) is 38.1 Å². The fourth-order valence-electron chi connectivity index (χ4n) is 2.76. The van der Waals surface area contributed by atoms with Crippen LogP contribution < -0.4 is 0 Å². The molecule has 0 aliphatic carbocycles. The monoisotopic (exact) mass is 263 g/mol. The molecular formula is C12H25NO3S. The summed E-state index contributed by atoms with van der Waals surface area (Å²) >= 11 is 0. The van der Waals surface area contributed by atoms with E-state index in [0.717, 1.165) is 25.9 Å². The van der Waals surface area contributed by atoms with Crippen LogP contribution in [0.3, 0.4) is 0 Å². The van der Waals surface area contributed by atoms with Crippen LogP contribution in [0.2, 0.25) is 0 Å². The molecule has 1 aliphatic heterocycles. The Morgan fingerprint density at radius 3 is 2.76 bits per heavy atom. The molecule has 0 bridgehead atoms. The highest BCUT2D eigenvalue weighted by atomic mass is 32.2. The highest BCUT2D eigenvalue weighted by Crippen LogP contribution is 2.22. The van der Waals surface area contributed by atoms with Crippen LogP contribution in [0.25, 0.3) is 0 Å². The molecule has 5 heteroatoms. The third kappa shape index (κ3) is 5.84. The molecule has 0 saturated carbocycles. The summed E-state index contributed by atoms with van der Waals surface area (Å²) in [6, 6.07) is 0.546. The molecule has 0 amide bonds. The first-order valence-electron chi connectivity index (χ1n) is 6.45. The Bertz CT molecular complexity index is 316. The maximum absolute atomic E-state index is 11.2. The Kier molecular flexibility index (Phi) is 5.89. The fourth-order valence-corrected chi connectivity index (χ4v) is 3.90. The van der Waals surface area contributed by atoms with Gasteiger partial charge in [-0.2, -0.15) is 0 Å². The van der Waals surface area contributed by atoms with E-state index in [0.29, 0.717) is 6.04 Å². The Labute approximate surface area is 105 Å². The zero-order valence-corrected chi connectivity index (χ0v) is 11.7. The van der Waals surface area contributed by atoms with Crippen LogP contribution in [0, 0.1) is 5.92 Å². The second-order valence-electron chi connectivity index (χ2n) is 5.35. The van der Waals surface area contributed by atoms with E-state index in [1.807, 2.05) is 6.92 Å². The zero-order chi connectivity index (χ0) is 12.9. The van der Waals surface area contributed by atoms with Crippen LogP contribution in [0.1, 0.15) is 32.6 Å². The van der Waals surface area contributed by atoms with E-state index < -0.39 is 9.84 Å². The normalized spacial score (nSPS) is 24.1. The zero-order valence-electron chi connectivity index (χ0n) is 10.9. The van der Waals surface area contributed by atoms with E-state index in [4.69, 9.17) is 5.11 Å². The minimum absolute atomic E-state index is 0.194. The molecule has 4 nitrogen and oxygen atoms in total. The summed E-state index contributed by atoms with van der Waals surface area (Å²) in [7, 11) is -2.87. The molecule has 0 aromatic carbocycles. The average Bonchev–Trinajstić information content (AvgIpc) is 2.59. The topological polar surface area (TPSA) is 57.6 Å². The molecule has 1 rings (SSSR count). The molecule has 17 heavy (non-hydrogen) atoms. The molecular weight excluding hydrogens is 238 g/mol. The minimum atomic E-state index is -2.87. The van der Waals surface area contributed by atoms with E-state index in [-0.39, 0.29) is 18.3 Å². The summed E-state index contributed by atoms with van der Waals surface area (Å²) in [6.45, 7) is 4.19. The number of aliphatic hydroxyl groups excluding tert-OH is 1. The fraction of sp³-hybridized carbons (Fsp3) is 1.00. The van der Waals surface area contributed by atoms with E-state index in [1.165, 1.54) is 19.1 Å². The lowest BCUT2D eigenvalue weighted by atomic mass is 10.1. The number of aliphatic hydroxyl groups is 1. The highest BCUT2D eigenvalue weighted by molar-refractivity contribution is 7.90. The summed E-state index contributed by atoms with van der Waals surface area (Å²) in [6.07, 6.45) is 5.56. The summed E-state index contributed by atoms with van der Waals surface area (Å²) in [4.78, 5) is 2.39. The van der Waals surface area contributed by atoms with Crippen molar-refractivity contribution in [1.82, 2.24) is 4.90 Å². The maximum atomic E-state index is 11.2. The Morgan fingerprint density at radius 1 is 1.47 bits per heavy atom. The average molecular weight is 263 g/mol. The predicted molar refractivity (Wildman–Crippen MR) is 69.8 cm³/mol. The van der Waals surface area contributed by atoms with Crippen LogP contribution in [0.4, 0.5) is 0 Å². The number of nitrogens with zero attached hydrogens (tertiary/aromatic N) is 1. The molecule has 0 aromatic heterocycles. The number of likely N-dealkylation sites (tertiary alicyclic amines) is 1. The standard InChI is InChI=1S/C12H25NO3S/c1-11(10-17(2,15)16)9-13-7-3-5-12(13)6-4-8-14/h11-12,14H,3-10H2,1-2H3. The van der Waals surface area contributed by atoms with Crippen LogP contribution in [0.5, 0.6) is 0 Å². The smallest absolute Gasteiger partial charge is 0.147 e.